The van der Waals surface area contributed by atoms with E-state index in [0.29, 0.717) is 30.2 Å². The van der Waals surface area contributed by atoms with E-state index in [2.05, 4.69) is 36.5 Å². The van der Waals surface area contributed by atoms with E-state index in [9.17, 15) is 14.9 Å². The van der Waals surface area contributed by atoms with Crippen LogP contribution >= 0.6 is 0 Å². The number of rotatable bonds is 13. The Morgan fingerprint density at radius 3 is 2.33 bits per heavy atom. The molecule has 4 rings (SSSR count). The number of nitro groups is 1. The molecule has 0 aliphatic heterocycles. The highest BCUT2D eigenvalue weighted by molar-refractivity contribution is 5.72. The average molecular weight is 539 g/mol. The molecule has 0 heterocycles. The maximum Gasteiger partial charge on any atom is 0.276 e. The molecule has 0 atom stereocenters. The van der Waals surface area contributed by atoms with E-state index in [1.165, 1.54) is 18.6 Å². The Balaban J connectivity index is 1.50. The number of hydrogen-bond donors (Lipinski definition) is 1. The van der Waals surface area contributed by atoms with Crippen molar-refractivity contribution in [1.29, 1.82) is 0 Å². The van der Waals surface area contributed by atoms with Gasteiger partial charge in [-0.25, -0.2) is 0 Å². The summed E-state index contributed by atoms with van der Waals surface area (Å²) in [5.74, 6) is 1.24. The number of nitrogens with one attached hydrogen (secondary N) is 1. The summed E-state index contributed by atoms with van der Waals surface area (Å²) in [6, 6.07) is 28.9. The van der Waals surface area contributed by atoms with E-state index < -0.39 is 4.92 Å². The van der Waals surface area contributed by atoms with Crippen LogP contribution in [0.25, 0.3) is 11.1 Å². The number of carbonyl (C=O) groups is 1. The van der Waals surface area contributed by atoms with Crippen LogP contribution in [0, 0.1) is 17.0 Å². The molecule has 0 unspecified atom stereocenters. The van der Waals surface area contributed by atoms with E-state index in [1.807, 2.05) is 42.5 Å². The van der Waals surface area contributed by atoms with Gasteiger partial charge in [0.1, 0.15) is 24.7 Å². The number of ether oxygens (including phenoxy) is 2. The quantitative estimate of drug-likeness (QED) is 0.111. The first-order valence-corrected chi connectivity index (χ1v) is 13.4. The molecule has 40 heavy (non-hydrogen) atoms. The van der Waals surface area contributed by atoms with Crippen LogP contribution in [0.15, 0.2) is 91.0 Å². The molecule has 0 bridgehead atoms. The number of para-hydroxylation sites is 1. The molecular weight excluding hydrogens is 504 g/mol. The maximum absolute atomic E-state index is 11.5. The standard InChI is InChI=1S/C33H34N2O5/c1-24-28(15-10-16-31(24)26-11-4-3-5-12-26)22-39-30-19-18-27(13-8-9-20-34-25(2)36)33(21-30)40-23-29-14-6-7-17-32(29)35(37)38/h3-7,10-12,14-19,21H,8-9,13,20,22-23H2,1-2H3,(H,34,36). The smallest absolute Gasteiger partial charge is 0.276 e. The fourth-order valence-corrected chi connectivity index (χ4v) is 4.57. The third-order valence-electron chi connectivity index (χ3n) is 6.78. The molecule has 0 aliphatic carbocycles. The summed E-state index contributed by atoms with van der Waals surface area (Å²) in [5.41, 5.74) is 6.10. The number of unbranched alkanes of at least 4 members (excludes halogenated alkanes) is 1. The number of hydrogen-bond acceptors (Lipinski definition) is 5. The van der Waals surface area contributed by atoms with Gasteiger partial charge in [0, 0.05) is 25.6 Å². The zero-order chi connectivity index (χ0) is 28.3. The fraction of sp³-hybridized carbons (Fsp3) is 0.242. The van der Waals surface area contributed by atoms with Crippen molar-refractivity contribution in [3.8, 4) is 22.6 Å². The second kappa shape index (κ2) is 13.9. The number of amides is 1. The Morgan fingerprint density at radius 1 is 0.825 bits per heavy atom. The summed E-state index contributed by atoms with van der Waals surface area (Å²) < 4.78 is 12.4. The number of benzene rings is 4. The normalized spacial score (nSPS) is 10.7. The SMILES string of the molecule is CC(=O)NCCCCc1ccc(OCc2cccc(-c3ccccc3)c2C)cc1OCc1ccccc1[N+](=O)[O-]. The maximum atomic E-state index is 11.5. The van der Waals surface area contributed by atoms with Crippen molar-refractivity contribution in [2.45, 2.75) is 46.3 Å². The molecule has 0 aliphatic rings. The lowest BCUT2D eigenvalue weighted by Crippen LogP contribution is -2.20. The van der Waals surface area contributed by atoms with E-state index >= 15 is 0 Å². The highest BCUT2D eigenvalue weighted by Crippen LogP contribution is 2.30. The van der Waals surface area contributed by atoms with E-state index in [1.54, 1.807) is 18.2 Å². The minimum atomic E-state index is -0.396. The van der Waals surface area contributed by atoms with Crippen molar-refractivity contribution >= 4 is 11.6 Å². The Morgan fingerprint density at radius 2 is 1.55 bits per heavy atom. The van der Waals surface area contributed by atoms with Crippen LogP contribution in [0.4, 0.5) is 5.69 Å². The summed E-state index contributed by atoms with van der Waals surface area (Å²) >= 11 is 0. The van der Waals surface area contributed by atoms with E-state index in [4.69, 9.17) is 9.47 Å². The van der Waals surface area contributed by atoms with Gasteiger partial charge in [-0.3, -0.25) is 14.9 Å². The largest absolute Gasteiger partial charge is 0.489 e. The van der Waals surface area contributed by atoms with Gasteiger partial charge >= 0.3 is 0 Å². The van der Waals surface area contributed by atoms with Crippen molar-refractivity contribution in [1.82, 2.24) is 5.32 Å². The van der Waals surface area contributed by atoms with Crippen LogP contribution in [0.1, 0.15) is 42.0 Å². The first-order valence-electron chi connectivity index (χ1n) is 13.4. The Hall–Kier alpha value is -4.65. The van der Waals surface area contributed by atoms with Gasteiger partial charge in [-0.1, -0.05) is 66.7 Å². The molecule has 0 aromatic heterocycles. The number of nitrogens with zero attached hydrogens (tertiary/aromatic N) is 1. The lowest BCUT2D eigenvalue weighted by molar-refractivity contribution is -0.385. The predicted molar refractivity (Wildman–Crippen MR) is 156 cm³/mol. The van der Waals surface area contributed by atoms with Gasteiger partial charge in [0.25, 0.3) is 5.69 Å². The van der Waals surface area contributed by atoms with Crippen LogP contribution in [0.2, 0.25) is 0 Å². The molecular formula is C33H34N2O5. The van der Waals surface area contributed by atoms with Crippen LogP contribution in [-0.4, -0.2) is 17.4 Å². The van der Waals surface area contributed by atoms with Crippen LogP contribution in [0.5, 0.6) is 11.5 Å². The minimum Gasteiger partial charge on any atom is -0.489 e. The van der Waals surface area contributed by atoms with E-state index in [0.717, 1.165) is 41.5 Å². The average Bonchev–Trinajstić information content (AvgIpc) is 2.96. The first-order chi connectivity index (χ1) is 19.4. The summed E-state index contributed by atoms with van der Waals surface area (Å²) in [4.78, 5) is 22.2. The lowest BCUT2D eigenvalue weighted by atomic mass is 9.97. The summed E-state index contributed by atoms with van der Waals surface area (Å²) in [6.45, 7) is 4.69. The third-order valence-corrected chi connectivity index (χ3v) is 6.78. The van der Waals surface area contributed by atoms with Gasteiger partial charge in [-0.2, -0.15) is 0 Å². The molecule has 7 heteroatoms. The Bertz CT molecular complexity index is 1450. The van der Waals surface area contributed by atoms with Gasteiger partial charge in [-0.15, -0.1) is 0 Å². The zero-order valence-corrected chi connectivity index (χ0v) is 22.9. The topological polar surface area (TPSA) is 90.7 Å². The molecule has 4 aromatic rings. The Kier molecular flexibility index (Phi) is 9.88. The monoisotopic (exact) mass is 538 g/mol. The minimum absolute atomic E-state index is 0.0283. The van der Waals surface area contributed by atoms with Gasteiger partial charge in [0.2, 0.25) is 5.91 Å². The zero-order valence-electron chi connectivity index (χ0n) is 22.9. The second-order valence-corrected chi connectivity index (χ2v) is 9.63. The van der Waals surface area contributed by atoms with Crippen molar-refractivity contribution in [3.05, 3.63) is 123 Å². The summed E-state index contributed by atoms with van der Waals surface area (Å²) in [7, 11) is 0. The fourth-order valence-electron chi connectivity index (χ4n) is 4.57. The second-order valence-electron chi connectivity index (χ2n) is 9.63. The lowest BCUT2D eigenvalue weighted by Gasteiger charge is -2.16. The van der Waals surface area contributed by atoms with Crippen LogP contribution in [-0.2, 0) is 24.4 Å². The molecule has 7 nitrogen and oxygen atoms in total. The molecule has 0 saturated heterocycles. The van der Waals surface area contributed by atoms with Gasteiger partial charge in [0.15, 0.2) is 0 Å². The third kappa shape index (κ3) is 7.69. The highest BCUT2D eigenvalue weighted by Gasteiger charge is 2.15. The van der Waals surface area contributed by atoms with Crippen LogP contribution in [0.3, 0.4) is 0 Å². The van der Waals surface area contributed by atoms with E-state index in [-0.39, 0.29) is 18.2 Å². The molecule has 1 N–H and O–H groups in total. The van der Waals surface area contributed by atoms with Crippen molar-refractivity contribution in [3.63, 3.8) is 0 Å². The number of carbonyl (C=O) groups excluding carboxylic acids is 1. The molecule has 206 valence electrons. The highest BCUT2D eigenvalue weighted by atomic mass is 16.6. The van der Waals surface area contributed by atoms with Crippen molar-refractivity contribution in [2.24, 2.45) is 0 Å². The molecule has 1 amide bonds. The summed E-state index contributed by atoms with van der Waals surface area (Å²) in [6.07, 6.45) is 2.43. The molecule has 4 aromatic carbocycles. The predicted octanol–water partition coefficient (Wildman–Crippen LogP) is 7.19. The van der Waals surface area contributed by atoms with Gasteiger partial charge < -0.3 is 14.8 Å². The van der Waals surface area contributed by atoms with Gasteiger partial charge in [0.05, 0.1) is 10.5 Å². The summed E-state index contributed by atoms with van der Waals surface area (Å²) in [5, 5.41) is 14.3. The van der Waals surface area contributed by atoms with Crippen LogP contribution < -0.4 is 14.8 Å². The molecule has 0 radical (unpaired) electrons. The molecule has 0 spiro atoms. The Labute approximate surface area is 234 Å². The van der Waals surface area contributed by atoms with Crippen molar-refractivity contribution in [2.75, 3.05) is 6.54 Å². The van der Waals surface area contributed by atoms with Gasteiger partial charge in [-0.05, 0) is 66.1 Å². The molecule has 0 fully saturated rings. The first kappa shape index (κ1) is 28.4. The number of aryl methyl sites for hydroxylation is 1. The number of nitro benzene ring substituents is 1. The molecule has 0 saturated carbocycles. The van der Waals surface area contributed by atoms with Crippen molar-refractivity contribution < 1.29 is 19.2 Å².